The Morgan fingerprint density at radius 1 is 1.04 bits per heavy atom. The quantitative estimate of drug-likeness (QED) is 0.662. The number of aromatic nitrogens is 2. The third-order valence-electron chi connectivity index (χ3n) is 3.95. The molecule has 0 saturated carbocycles. The molecule has 0 radical (unpaired) electrons. The fourth-order valence-corrected chi connectivity index (χ4v) is 2.61. The fraction of sp³-hybridized carbons (Fsp3) is 0.150. The predicted octanol–water partition coefficient (Wildman–Crippen LogP) is 2.18. The van der Waals surface area contributed by atoms with Gasteiger partial charge >= 0.3 is 11.1 Å². The molecule has 0 aliphatic carbocycles. The summed E-state index contributed by atoms with van der Waals surface area (Å²) in [6, 6.07) is 12.4. The molecule has 2 aromatic carbocycles. The Balaban J connectivity index is 1.80. The second-order valence-electron chi connectivity index (χ2n) is 5.86. The van der Waals surface area contributed by atoms with Crippen LogP contribution in [-0.2, 0) is 11.3 Å². The molecular weight excluding hydrogens is 365 g/mol. The number of carbonyl (C=O) groups excluding carboxylic acids is 1. The third-order valence-corrected chi connectivity index (χ3v) is 3.95. The monoisotopic (exact) mass is 383 g/mol. The van der Waals surface area contributed by atoms with Crippen molar-refractivity contribution in [2.75, 3.05) is 11.9 Å². The lowest BCUT2D eigenvalue weighted by molar-refractivity contribution is -0.116. The zero-order chi connectivity index (χ0) is 20.1. The number of nitrogens with one attached hydrogen (secondary N) is 1. The van der Waals surface area contributed by atoms with Gasteiger partial charge in [0.25, 0.3) is 0 Å². The summed E-state index contributed by atoms with van der Waals surface area (Å²) in [6.07, 6.45) is 2.73. The topological polar surface area (TPSA) is 82.3 Å². The molecule has 1 heterocycles. The van der Waals surface area contributed by atoms with Gasteiger partial charge in [-0.05, 0) is 43.3 Å². The number of halogens is 1. The summed E-state index contributed by atoms with van der Waals surface area (Å²) in [7, 11) is 0. The van der Waals surface area contributed by atoms with Crippen molar-refractivity contribution in [1.29, 1.82) is 0 Å². The van der Waals surface area contributed by atoms with Gasteiger partial charge in [-0.15, -0.1) is 0 Å². The fourth-order valence-electron chi connectivity index (χ4n) is 2.61. The Bertz CT molecular complexity index is 1100. The molecular formula is C20H18FN3O4. The van der Waals surface area contributed by atoms with Crippen molar-refractivity contribution in [2.24, 2.45) is 0 Å². The summed E-state index contributed by atoms with van der Waals surface area (Å²) in [5.41, 5.74) is -1.16. The largest absolute Gasteiger partial charge is 0.494 e. The molecule has 0 bridgehead atoms. The van der Waals surface area contributed by atoms with Crippen molar-refractivity contribution in [3.05, 3.63) is 87.4 Å². The number of amides is 1. The molecule has 8 heteroatoms. The van der Waals surface area contributed by atoms with Gasteiger partial charge in [-0.3, -0.25) is 23.5 Å². The van der Waals surface area contributed by atoms with Crippen LogP contribution in [0.2, 0.25) is 0 Å². The summed E-state index contributed by atoms with van der Waals surface area (Å²) in [4.78, 5) is 36.8. The van der Waals surface area contributed by atoms with Crippen molar-refractivity contribution >= 4 is 11.6 Å². The molecule has 0 fully saturated rings. The number of para-hydroxylation sites is 1. The Labute approximate surface area is 159 Å². The lowest BCUT2D eigenvalue weighted by Gasteiger charge is -2.10. The molecule has 0 aliphatic heterocycles. The van der Waals surface area contributed by atoms with E-state index in [1.54, 1.807) is 30.3 Å². The first-order valence-electron chi connectivity index (χ1n) is 8.59. The lowest BCUT2D eigenvalue weighted by Crippen LogP contribution is -2.41. The summed E-state index contributed by atoms with van der Waals surface area (Å²) in [6.45, 7) is 1.97. The Kier molecular flexibility index (Phi) is 5.69. The number of benzene rings is 2. The van der Waals surface area contributed by atoms with E-state index in [-0.39, 0.29) is 5.69 Å². The number of carbonyl (C=O) groups is 1. The summed E-state index contributed by atoms with van der Waals surface area (Å²) >= 11 is 0. The molecule has 0 aliphatic rings. The first-order valence-corrected chi connectivity index (χ1v) is 8.59. The second-order valence-corrected chi connectivity index (χ2v) is 5.86. The Hall–Kier alpha value is -3.68. The normalized spacial score (nSPS) is 10.5. The average molecular weight is 383 g/mol. The molecule has 28 heavy (non-hydrogen) atoms. The van der Waals surface area contributed by atoms with Crippen LogP contribution in [0.1, 0.15) is 6.92 Å². The highest BCUT2D eigenvalue weighted by Gasteiger charge is 2.11. The van der Waals surface area contributed by atoms with Crippen LogP contribution < -0.4 is 21.2 Å². The second kappa shape index (κ2) is 8.34. The molecule has 3 aromatic rings. The van der Waals surface area contributed by atoms with Crippen LogP contribution in [-0.4, -0.2) is 21.6 Å². The Morgan fingerprint density at radius 3 is 2.43 bits per heavy atom. The van der Waals surface area contributed by atoms with Crippen LogP contribution in [0, 0.1) is 5.82 Å². The zero-order valence-corrected chi connectivity index (χ0v) is 15.1. The highest BCUT2D eigenvalue weighted by atomic mass is 19.1. The molecule has 7 nitrogen and oxygen atoms in total. The van der Waals surface area contributed by atoms with Gasteiger partial charge in [0.1, 0.15) is 18.1 Å². The minimum Gasteiger partial charge on any atom is -0.494 e. The maximum atomic E-state index is 13.6. The molecule has 0 unspecified atom stereocenters. The molecule has 0 atom stereocenters. The van der Waals surface area contributed by atoms with Crippen molar-refractivity contribution in [3.8, 4) is 11.4 Å². The van der Waals surface area contributed by atoms with Crippen LogP contribution >= 0.6 is 0 Å². The van der Waals surface area contributed by atoms with Gasteiger partial charge in [-0.2, -0.15) is 0 Å². The van der Waals surface area contributed by atoms with Gasteiger partial charge in [0.2, 0.25) is 5.91 Å². The molecule has 3 rings (SSSR count). The van der Waals surface area contributed by atoms with E-state index in [9.17, 15) is 18.8 Å². The van der Waals surface area contributed by atoms with Crippen LogP contribution in [0.3, 0.4) is 0 Å². The minimum atomic E-state index is -0.861. The number of anilines is 1. The van der Waals surface area contributed by atoms with Gasteiger partial charge in [-0.1, -0.05) is 12.1 Å². The maximum absolute atomic E-state index is 13.6. The van der Waals surface area contributed by atoms with Gasteiger partial charge < -0.3 is 10.1 Å². The molecule has 1 aromatic heterocycles. The molecule has 1 N–H and O–H groups in total. The summed E-state index contributed by atoms with van der Waals surface area (Å²) < 4.78 is 21.1. The van der Waals surface area contributed by atoms with Gasteiger partial charge in [-0.25, -0.2) is 4.39 Å². The van der Waals surface area contributed by atoms with E-state index in [1.165, 1.54) is 35.2 Å². The van der Waals surface area contributed by atoms with E-state index in [1.807, 2.05) is 6.92 Å². The maximum Gasteiger partial charge on any atom is 0.320 e. The smallest absolute Gasteiger partial charge is 0.320 e. The van der Waals surface area contributed by atoms with Crippen LogP contribution in [0.5, 0.6) is 5.75 Å². The van der Waals surface area contributed by atoms with Gasteiger partial charge in [0.05, 0.1) is 12.3 Å². The van der Waals surface area contributed by atoms with Crippen molar-refractivity contribution < 1.29 is 13.9 Å². The van der Waals surface area contributed by atoms with Crippen molar-refractivity contribution in [3.63, 3.8) is 0 Å². The van der Waals surface area contributed by atoms with Gasteiger partial charge in [0, 0.05) is 18.1 Å². The highest BCUT2D eigenvalue weighted by Crippen LogP contribution is 2.14. The first kappa shape index (κ1) is 19.1. The number of hydrogen-bond acceptors (Lipinski definition) is 4. The number of rotatable bonds is 6. The van der Waals surface area contributed by atoms with E-state index in [0.29, 0.717) is 18.0 Å². The van der Waals surface area contributed by atoms with Crippen molar-refractivity contribution in [2.45, 2.75) is 13.5 Å². The number of ether oxygens (including phenoxy) is 1. The Morgan fingerprint density at radius 2 is 1.75 bits per heavy atom. The number of hydrogen-bond donors (Lipinski definition) is 1. The van der Waals surface area contributed by atoms with Crippen molar-refractivity contribution in [1.82, 2.24) is 9.13 Å². The molecule has 1 amide bonds. The summed E-state index contributed by atoms with van der Waals surface area (Å²) in [5, 5.41) is 2.37. The lowest BCUT2D eigenvalue weighted by atomic mass is 10.3. The average Bonchev–Trinajstić information content (AvgIpc) is 2.69. The van der Waals surface area contributed by atoms with E-state index < -0.39 is 29.4 Å². The zero-order valence-electron chi connectivity index (χ0n) is 15.1. The number of nitrogens with zero attached hydrogens (tertiary/aromatic N) is 2. The van der Waals surface area contributed by atoms with Crippen LogP contribution in [0.15, 0.2) is 70.5 Å². The third kappa shape index (κ3) is 4.17. The minimum absolute atomic E-state index is 0.00304. The van der Waals surface area contributed by atoms with Crippen LogP contribution in [0.25, 0.3) is 5.69 Å². The standard InChI is InChI=1S/C20H18FN3O4/c1-2-28-15-9-7-14(8-10-15)24-12-11-23(19(26)20(24)27)13-18(25)22-17-6-4-3-5-16(17)21/h3-12H,2,13H2,1H3,(H,22,25). The van der Waals surface area contributed by atoms with E-state index in [0.717, 1.165) is 4.57 Å². The molecule has 0 spiro atoms. The van der Waals surface area contributed by atoms with E-state index >= 15 is 0 Å². The SMILES string of the molecule is CCOc1ccc(-n2ccn(CC(=O)Nc3ccccc3F)c(=O)c2=O)cc1. The van der Waals surface area contributed by atoms with E-state index in [4.69, 9.17) is 4.74 Å². The molecule has 144 valence electrons. The predicted molar refractivity (Wildman–Crippen MR) is 102 cm³/mol. The van der Waals surface area contributed by atoms with Gasteiger partial charge in [0.15, 0.2) is 0 Å². The summed E-state index contributed by atoms with van der Waals surface area (Å²) in [5.74, 6) is -0.558. The highest BCUT2D eigenvalue weighted by molar-refractivity contribution is 5.90. The first-order chi connectivity index (χ1) is 13.5. The van der Waals surface area contributed by atoms with E-state index in [2.05, 4.69) is 5.32 Å². The molecule has 0 saturated heterocycles. The van der Waals surface area contributed by atoms with Crippen LogP contribution in [0.4, 0.5) is 10.1 Å².